The van der Waals surface area contributed by atoms with Crippen LogP contribution in [0.2, 0.25) is 0 Å². The van der Waals surface area contributed by atoms with Crippen LogP contribution in [-0.4, -0.2) is 24.8 Å². The van der Waals surface area contributed by atoms with Crippen molar-refractivity contribution >= 4 is 11.7 Å². The smallest absolute Gasteiger partial charge is 0.224 e. The fourth-order valence-corrected chi connectivity index (χ4v) is 0.493. The van der Waals surface area contributed by atoms with Gasteiger partial charge in [0.15, 0.2) is 0 Å². The van der Waals surface area contributed by atoms with Crippen molar-refractivity contribution < 1.29 is 9.59 Å². The highest BCUT2D eigenvalue weighted by atomic mass is 16.2. The molecule has 0 heterocycles. The van der Waals surface area contributed by atoms with Gasteiger partial charge in [-0.3, -0.25) is 9.59 Å². The number of amides is 1. The summed E-state index contributed by atoms with van der Waals surface area (Å²) in [5.41, 5.74) is 5.23. The molecule has 0 rings (SSSR count). The molecule has 11 heavy (non-hydrogen) atoms. The van der Waals surface area contributed by atoms with E-state index in [2.05, 4.69) is 5.32 Å². The van der Waals surface area contributed by atoms with Gasteiger partial charge in [0.1, 0.15) is 5.78 Å². The van der Waals surface area contributed by atoms with Crippen molar-refractivity contribution in [3.63, 3.8) is 0 Å². The number of ketones is 1. The molecule has 64 valence electrons. The second kappa shape index (κ2) is 4.85. The van der Waals surface area contributed by atoms with Gasteiger partial charge in [-0.1, -0.05) is 6.92 Å². The highest BCUT2D eigenvalue weighted by Crippen LogP contribution is 1.89. The lowest BCUT2D eigenvalue weighted by Gasteiger charge is -2.07. The summed E-state index contributed by atoms with van der Waals surface area (Å²) in [5, 5.41) is 2.46. The Morgan fingerprint density at radius 3 is 2.45 bits per heavy atom. The van der Waals surface area contributed by atoms with Crippen LogP contribution in [0.1, 0.15) is 13.8 Å². The van der Waals surface area contributed by atoms with E-state index in [1.54, 1.807) is 6.92 Å². The molecule has 0 aromatic heterocycles. The van der Waals surface area contributed by atoms with Crippen molar-refractivity contribution in [1.29, 1.82) is 0 Å². The maximum absolute atomic E-state index is 10.9. The summed E-state index contributed by atoms with van der Waals surface area (Å²) < 4.78 is 0. The fourth-order valence-electron chi connectivity index (χ4n) is 0.493. The number of nitrogens with one attached hydrogen (secondary N) is 1. The molecule has 4 heteroatoms. The SMILES string of the molecule is CC(=O)CNC(=O)[C@@H](C)CN. The van der Waals surface area contributed by atoms with E-state index in [1.807, 2.05) is 0 Å². The second-order valence-corrected chi connectivity index (χ2v) is 2.56. The summed E-state index contributed by atoms with van der Waals surface area (Å²) in [7, 11) is 0. The quantitative estimate of drug-likeness (QED) is 0.567. The minimum atomic E-state index is -0.214. The predicted octanol–water partition coefficient (Wildman–Crippen LogP) is -0.714. The van der Waals surface area contributed by atoms with Crippen LogP contribution in [0.3, 0.4) is 0 Å². The number of hydrogen-bond acceptors (Lipinski definition) is 3. The third-order valence-electron chi connectivity index (χ3n) is 1.31. The van der Waals surface area contributed by atoms with Crippen LogP contribution < -0.4 is 11.1 Å². The normalized spacial score (nSPS) is 12.3. The summed E-state index contributed by atoms with van der Waals surface area (Å²) in [5.74, 6) is -0.431. The lowest BCUT2D eigenvalue weighted by atomic mass is 10.2. The Kier molecular flexibility index (Phi) is 4.45. The van der Waals surface area contributed by atoms with Gasteiger partial charge in [-0.05, 0) is 6.92 Å². The molecule has 0 fully saturated rings. The van der Waals surface area contributed by atoms with E-state index in [4.69, 9.17) is 5.73 Å². The number of carbonyl (C=O) groups excluding carboxylic acids is 2. The highest BCUT2D eigenvalue weighted by molar-refractivity contribution is 5.85. The van der Waals surface area contributed by atoms with Gasteiger partial charge in [0.25, 0.3) is 0 Å². The molecule has 0 aromatic carbocycles. The Morgan fingerprint density at radius 2 is 2.09 bits per heavy atom. The lowest BCUT2D eigenvalue weighted by molar-refractivity contribution is -0.126. The zero-order valence-electron chi connectivity index (χ0n) is 6.89. The lowest BCUT2D eigenvalue weighted by Crippen LogP contribution is -2.35. The number of hydrogen-bond donors (Lipinski definition) is 2. The first-order valence-corrected chi connectivity index (χ1v) is 3.55. The Balaban J connectivity index is 3.60. The molecule has 0 aliphatic carbocycles. The first-order valence-electron chi connectivity index (χ1n) is 3.55. The van der Waals surface area contributed by atoms with Gasteiger partial charge in [-0.15, -0.1) is 0 Å². The average molecular weight is 158 g/mol. The van der Waals surface area contributed by atoms with Crippen molar-refractivity contribution in [1.82, 2.24) is 5.32 Å². The molecule has 0 aromatic rings. The number of nitrogens with two attached hydrogens (primary N) is 1. The van der Waals surface area contributed by atoms with Crippen LogP contribution in [0.4, 0.5) is 0 Å². The van der Waals surface area contributed by atoms with Gasteiger partial charge in [0, 0.05) is 12.5 Å². The Morgan fingerprint density at radius 1 is 1.55 bits per heavy atom. The minimum absolute atomic E-state index is 0.0532. The van der Waals surface area contributed by atoms with Gasteiger partial charge in [0.2, 0.25) is 5.91 Å². The summed E-state index contributed by atoms with van der Waals surface area (Å²) in [6.45, 7) is 3.55. The molecule has 0 saturated carbocycles. The first-order chi connectivity index (χ1) is 5.07. The first kappa shape index (κ1) is 10.1. The van der Waals surface area contributed by atoms with Crippen molar-refractivity contribution in [3.8, 4) is 0 Å². The van der Waals surface area contributed by atoms with Crippen LogP contribution >= 0.6 is 0 Å². The number of rotatable bonds is 4. The van der Waals surface area contributed by atoms with Gasteiger partial charge in [-0.2, -0.15) is 0 Å². The van der Waals surface area contributed by atoms with E-state index < -0.39 is 0 Å². The molecular weight excluding hydrogens is 144 g/mol. The third-order valence-corrected chi connectivity index (χ3v) is 1.31. The summed E-state index contributed by atoms with van der Waals surface area (Å²) in [4.78, 5) is 21.3. The average Bonchev–Trinajstić information content (AvgIpc) is 1.98. The number of carbonyl (C=O) groups is 2. The van der Waals surface area contributed by atoms with E-state index in [0.717, 1.165) is 0 Å². The standard InChI is InChI=1S/C7H14N2O2/c1-5(3-8)7(11)9-4-6(2)10/h5H,3-4,8H2,1-2H3,(H,9,11)/t5-/m0/s1. The van der Waals surface area contributed by atoms with Crippen LogP contribution in [0.25, 0.3) is 0 Å². The van der Waals surface area contributed by atoms with Crippen molar-refractivity contribution in [3.05, 3.63) is 0 Å². The topological polar surface area (TPSA) is 72.2 Å². The van der Waals surface area contributed by atoms with Crippen molar-refractivity contribution in [2.24, 2.45) is 11.7 Å². The van der Waals surface area contributed by atoms with E-state index in [-0.39, 0.29) is 24.2 Å². The zero-order chi connectivity index (χ0) is 8.85. The van der Waals surface area contributed by atoms with Crippen LogP contribution in [0.5, 0.6) is 0 Å². The maximum atomic E-state index is 10.9. The minimum Gasteiger partial charge on any atom is -0.349 e. The van der Waals surface area contributed by atoms with E-state index in [9.17, 15) is 9.59 Å². The summed E-state index contributed by atoms with van der Waals surface area (Å²) in [6, 6.07) is 0. The van der Waals surface area contributed by atoms with E-state index >= 15 is 0 Å². The molecule has 0 saturated heterocycles. The highest BCUT2D eigenvalue weighted by Gasteiger charge is 2.09. The molecule has 0 spiro atoms. The van der Waals surface area contributed by atoms with E-state index in [0.29, 0.717) is 6.54 Å². The molecule has 0 aliphatic rings. The van der Waals surface area contributed by atoms with Crippen LogP contribution in [-0.2, 0) is 9.59 Å². The van der Waals surface area contributed by atoms with Gasteiger partial charge in [0.05, 0.1) is 6.54 Å². The largest absolute Gasteiger partial charge is 0.349 e. The molecule has 3 N–H and O–H groups in total. The molecule has 0 unspecified atom stereocenters. The second-order valence-electron chi connectivity index (χ2n) is 2.56. The van der Waals surface area contributed by atoms with Crippen LogP contribution in [0.15, 0.2) is 0 Å². The Bertz CT molecular complexity index is 157. The molecule has 0 bridgehead atoms. The van der Waals surface area contributed by atoms with Crippen molar-refractivity contribution in [2.45, 2.75) is 13.8 Å². The van der Waals surface area contributed by atoms with E-state index in [1.165, 1.54) is 6.92 Å². The Labute approximate surface area is 66.1 Å². The Hall–Kier alpha value is -0.900. The molecule has 0 aliphatic heterocycles. The van der Waals surface area contributed by atoms with Gasteiger partial charge < -0.3 is 11.1 Å². The van der Waals surface area contributed by atoms with Gasteiger partial charge >= 0.3 is 0 Å². The maximum Gasteiger partial charge on any atom is 0.224 e. The number of Topliss-reactive ketones (excluding diaryl/α,β-unsaturated/α-hetero) is 1. The van der Waals surface area contributed by atoms with Gasteiger partial charge in [-0.25, -0.2) is 0 Å². The monoisotopic (exact) mass is 158 g/mol. The molecule has 1 amide bonds. The molecule has 0 radical (unpaired) electrons. The zero-order valence-corrected chi connectivity index (χ0v) is 6.89. The predicted molar refractivity (Wildman–Crippen MR) is 41.9 cm³/mol. The summed E-state index contributed by atoms with van der Waals surface area (Å²) >= 11 is 0. The summed E-state index contributed by atoms with van der Waals surface area (Å²) in [6.07, 6.45) is 0. The molecule has 4 nitrogen and oxygen atoms in total. The fraction of sp³-hybridized carbons (Fsp3) is 0.714. The third kappa shape index (κ3) is 4.50. The molecular formula is C7H14N2O2. The van der Waals surface area contributed by atoms with Crippen molar-refractivity contribution in [2.75, 3.05) is 13.1 Å². The van der Waals surface area contributed by atoms with Crippen LogP contribution in [0, 0.1) is 5.92 Å². The molecule has 1 atom stereocenters.